The third-order valence-electron chi connectivity index (χ3n) is 2.85. The number of hydrogen-bond donors (Lipinski definition) is 1. The van der Waals surface area contributed by atoms with Crippen molar-refractivity contribution in [2.24, 2.45) is 0 Å². The summed E-state index contributed by atoms with van der Waals surface area (Å²) in [6, 6.07) is 13.4. The maximum absolute atomic E-state index is 11.9. The molecule has 1 N–H and O–H groups in total. The minimum absolute atomic E-state index is 0.144. The molecule has 0 aliphatic carbocycles. The lowest BCUT2D eigenvalue weighted by Crippen LogP contribution is -2.08. The monoisotopic (exact) mass is 280 g/mol. The van der Waals surface area contributed by atoms with Crippen LogP contribution in [-0.4, -0.2) is 10.9 Å². The molecular formula is C16H12N2OS. The number of hydrogen-bond acceptors (Lipinski definition) is 3. The van der Waals surface area contributed by atoms with Crippen LogP contribution in [0, 0.1) is 0 Å². The summed E-state index contributed by atoms with van der Waals surface area (Å²) in [5, 5.41) is 5.80. The van der Waals surface area contributed by atoms with E-state index in [1.807, 2.05) is 53.9 Å². The molecule has 3 nitrogen and oxygen atoms in total. The number of rotatable bonds is 3. The van der Waals surface area contributed by atoms with Crippen molar-refractivity contribution < 1.29 is 4.79 Å². The lowest BCUT2D eigenvalue weighted by atomic mass is 10.2. The molecule has 0 fully saturated rings. The van der Waals surface area contributed by atoms with E-state index in [9.17, 15) is 4.79 Å². The van der Waals surface area contributed by atoms with Gasteiger partial charge in [0.2, 0.25) is 5.91 Å². The number of carbonyl (C=O) groups is 1. The first-order valence-electron chi connectivity index (χ1n) is 6.19. The fraction of sp³-hybridized carbons (Fsp3) is 0. The van der Waals surface area contributed by atoms with Gasteiger partial charge in [-0.3, -0.25) is 9.78 Å². The molecule has 0 bridgehead atoms. The van der Waals surface area contributed by atoms with Crippen molar-refractivity contribution in [3.63, 3.8) is 0 Å². The van der Waals surface area contributed by atoms with Gasteiger partial charge in [0.05, 0.1) is 11.2 Å². The minimum Gasteiger partial charge on any atom is -0.322 e. The summed E-state index contributed by atoms with van der Waals surface area (Å²) in [7, 11) is 0. The topological polar surface area (TPSA) is 42.0 Å². The van der Waals surface area contributed by atoms with Gasteiger partial charge in [-0.15, -0.1) is 11.3 Å². The van der Waals surface area contributed by atoms with Crippen molar-refractivity contribution >= 4 is 39.9 Å². The molecule has 0 spiro atoms. The average molecular weight is 280 g/mol. The van der Waals surface area contributed by atoms with Crippen molar-refractivity contribution in [2.75, 3.05) is 5.32 Å². The second kappa shape index (κ2) is 5.67. The summed E-state index contributed by atoms with van der Waals surface area (Å²) in [6.07, 6.45) is 5.09. The molecule has 3 rings (SSSR count). The zero-order chi connectivity index (χ0) is 13.8. The molecule has 98 valence electrons. The smallest absolute Gasteiger partial charge is 0.248 e. The van der Waals surface area contributed by atoms with Crippen LogP contribution in [0.25, 0.3) is 17.0 Å². The van der Waals surface area contributed by atoms with Crippen LogP contribution in [0.1, 0.15) is 4.88 Å². The quantitative estimate of drug-likeness (QED) is 0.738. The molecular weight excluding hydrogens is 268 g/mol. The highest BCUT2D eigenvalue weighted by atomic mass is 32.1. The standard InChI is InChI=1S/C16H12N2OS/c19-16(9-8-12-4-3-11-20-12)18-15-7-1-6-14-13(15)5-2-10-17-14/h1-11H,(H,18,19). The van der Waals surface area contributed by atoms with E-state index in [0.29, 0.717) is 0 Å². The molecule has 0 atom stereocenters. The second-order valence-corrected chi connectivity index (χ2v) is 5.19. The van der Waals surface area contributed by atoms with Gasteiger partial charge in [-0.05, 0) is 41.8 Å². The number of fused-ring (bicyclic) bond motifs is 1. The molecule has 1 aromatic carbocycles. The first-order chi connectivity index (χ1) is 9.83. The van der Waals surface area contributed by atoms with Crippen molar-refractivity contribution in [1.82, 2.24) is 4.98 Å². The van der Waals surface area contributed by atoms with Gasteiger partial charge in [0, 0.05) is 22.5 Å². The molecule has 3 aromatic rings. The van der Waals surface area contributed by atoms with Gasteiger partial charge in [0.15, 0.2) is 0 Å². The Labute approximate surface area is 120 Å². The zero-order valence-electron chi connectivity index (χ0n) is 10.6. The van der Waals surface area contributed by atoms with Gasteiger partial charge in [-0.25, -0.2) is 0 Å². The van der Waals surface area contributed by atoms with Crippen LogP contribution in [0.3, 0.4) is 0 Å². The van der Waals surface area contributed by atoms with E-state index in [4.69, 9.17) is 0 Å². The summed E-state index contributed by atoms with van der Waals surface area (Å²) < 4.78 is 0. The third-order valence-corrected chi connectivity index (χ3v) is 3.68. The lowest BCUT2D eigenvalue weighted by Gasteiger charge is -2.05. The fourth-order valence-corrected chi connectivity index (χ4v) is 2.55. The van der Waals surface area contributed by atoms with Gasteiger partial charge < -0.3 is 5.32 Å². The maximum atomic E-state index is 11.9. The predicted molar refractivity (Wildman–Crippen MR) is 83.7 cm³/mol. The number of nitrogens with one attached hydrogen (secondary N) is 1. The highest BCUT2D eigenvalue weighted by Crippen LogP contribution is 2.21. The largest absolute Gasteiger partial charge is 0.322 e. The molecule has 0 radical (unpaired) electrons. The summed E-state index contributed by atoms with van der Waals surface area (Å²) in [4.78, 5) is 17.3. The van der Waals surface area contributed by atoms with Gasteiger partial charge >= 0.3 is 0 Å². The average Bonchev–Trinajstić information content (AvgIpc) is 2.99. The summed E-state index contributed by atoms with van der Waals surface area (Å²) >= 11 is 1.60. The number of thiophene rings is 1. The van der Waals surface area contributed by atoms with Crippen LogP contribution in [0.5, 0.6) is 0 Å². The van der Waals surface area contributed by atoms with E-state index >= 15 is 0 Å². The third kappa shape index (κ3) is 2.75. The number of anilines is 1. The summed E-state index contributed by atoms with van der Waals surface area (Å²) in [6.45, 7) is 0. The molecule has 0 saturated heterocycles. The molecule has 0 saturated carbocycles. The molecule has 0 aliphatic rings. The van der Waals surface area contributed by atoms with E-state index in [1.165, 1.54) is 0 Å². The van der Waals surface area contributed by atoms with Crippen molar-refractivity contribution in [3.05, 3.63) is 65.0 Å². The van der Waals surface area contributed by atoms with Gasteiger partial charge in [0.25, 0.3) is 0 Å². The number of pyridine rings is 1. The SMILES string of the molecule is O=C(C=Cc1cccs1)Nc1cccc2ncccc12. The minimum atomic E-state index is -0.144. The maximum Gasteiger partial charge on any atom is 0.248 e. The number of benzene rings is 1. The van der Waals surface area contributed by atoms with E-state index in [-0.39, 0.29) is 5.91 Å². The zero-order valence-corrected chi connectivity index (χ0v) is 11.4. The second-order valence-electron chi connectivity index (χ2n) is 4.21. The van der Waals surface area contributed by atoms with E-state index in [1.54, 1.807) is 23.6 Å². The van der Waals surface area contributed by atoms with Crippen molar-refractivity contribution in [2.45, 2.75) is 0 Å². The van der Waals surface area contributed by atoms with Crippen LogP contribution >= 0.6 is 11.3 Å². The van der Waals surface area contributed by atoms with Gasteiger partial charge in [0.1, 0.15) is 0 Å². The summed E-state index contributed by atoms with van der Waals surface area (Å²) in [5.74, 6) is -0.144. The van der Waals surface area contributed by atoms with Crippen LogP contribution in [-0.2, 0) is 4.79 Å². The Kier molecular flexibility index (Phi) is 3.56. The summed E-state index contributed by atoms with van der Waals surface area (Å²) in [5.41, 5.74) is 1.64. The lowest BCUT2D eigenvalue weighted by molar-refractivity contribution is -0.111. The molecule has 4 heteroatoms. The number of amides is 1. The Morgan fingerprint density at radius 3 is 2.95 bits per heavy atom. The van der Waals surface area contributed by atoms with E-state index in [0.717, 1.165) is 21.5 Å². The molecule has 0 unspecified atom stereocenters. The Balaban J connectivity index is 1.81. The fourth-order valence-electron chi connectivity index (χ4n) is 1.93. The van der Waals surface area contributed by atoms with Gasteiger partial charge in [-0.1, -0.05) is 12.1 Å². The van der Waals surface area contributed by atoms with Crippen LogP contribution in [0.4, 0.5) is 5.69 Å². The van der Waals surface area contributed by atoms with Crippen LogP contribution in [0.15, 0.2) is 60.1 Å². The van der Waals surface area contributed by atoms with Crippen molar-refractivity contribution in [1.29, 1.82) is 0 Å². The Hall–Kier alpha value is -2.46. The highest BCUT2D eigenvalue weighted by Gasteiger charge is 2.03. The first kappa shape index (κ1) is 12.6. The van der Waals surface area contributed by atoms with Crippen LogP contribution in [0.2, 0.25) is 0 Å². The molecule has 0 aliphatic heterocycles. The molecule has 2 aromatic heterocycles. The van der Waals surface area contributed by atoms with Crippen LogP contribution < -0.4 is 5.32 Å². The molecule has 2 heterocycles. The number of carbonyl (C=O) groups excluding carboxylic acids is 1. The first-order valence-corrected chi connectivity index (χ1v) is 7.07. The predicted octanol–water partition coefficient (Wildman–Crippen LogP) is 3.95. The normalized spacial score (nSPS) is 11.0. The highest BCUT2D eigenvalue weighted by molar-refractivity contribution is 7.10. The van der Waals surface area contributed by atoms with E-state index < -0.39 is 0 Å². The Morgan fingerprint density at radius 1 is 1.15 bits per heavy atom. The molecule has 1 amide bonds. The number of nitrogens with zero attached hydrogens (tertiary/aromatic N) is 1. The number of aromatic nitrogens is 1. The molecule has 20 heavy (non-hydrogen) atoms. The van der Waals surface area contributed by atoms with Gasteiger partial charge in [-0.2, -0.15) is 0 Å². The van der Waals surface area contributed by atoms with E-state index in [2.05, 4.69) is 10.3 Å². The Morgan fingerprint density at radius 2 is 2.10 bits per heavy atom. The Bertz CT molecular complexity index is 758. The van der Waals surface area contributed by atoms with Crippen molar-refractivity contribution in [3.8, 4) is 0 Å².